The third-order valence-corrected chi connectivity index (χ3v) is 9.03. The maximum absolute atomic E-state index is 14.5. The molecule has 1 aliphatic rings. The van der Waals surface area contributed by atoms with E-state index in [0.29, 0.717) is 71.4 Å². The SMILES string of the molecule is COc1ccc(CCC(OC(=O)[C@@H]2CCCCN2C(=O)[C@H](c2cc(OC)c(OC)c(OC)c2)C(C)C)c2cccc(OCC(=O)O)c2)cc1OC. The first-order valence-electron chi connectivity index (χ1n) is 17.0. The number of rotatable bonds is 17. The van der Waals surface area contributed by atoms with Crippen LogP contribution >= 0.6 is 0 Å². The summed E-state index contributed by atoms with van der Waals surface area (Å²) in [4.78, 5) is 41.5. The summed E-state index contributed by atoms with van der Waals surface area (Å²) in [6.45, 7) is 3.82. The Bertz CT molecular complexity index is 1630. The molecule has 0 saturated carbocycles. The summed E-state index contributed by atoms with van der Waals surface area (Å²) >= 11 is 0. The number of aliphatic carboxylic acids is 1. The smallest absolute Gasteiger partial charge is 0.341 e. The third kappa shape index (κ3) is 9.56. The van der Waals surface area contributed by atoms with E-state index in [1.165, 1.54) is 21.3 Å². The van der Waals surface area contributed by atoms with Crippen LogP contribution in [0.2, 0.25) is 0 Å². The number of hydrogen-bond acceptors (Lipinski definition) is 10. The standard InChI is InChI=1S/C39H49NO11/c1-24(2)36(27-21-33(47-5)37(49-7)34(22-27)48-6)38(43)40-18-9-8-13-29(40)39(44)51-30(26-11-10-12-28(20-26)50-23-35(41)42)16-14-25-15-17-31(45-3)32(19-25)46-4/h10-12,15,17,19-22,24,29-30,36H,8-9,13-14,16,18,23H2,1-7H3,(H,41,42)/t29-,30?,36-/m0/s1. The van der Waals surface area contributed by atoms with Gasteiger partial charge in [-0.2, -0.15) is 0 Å². The van der Waals surface area contributed by atoms with Gasteiger partial charge < -0.3 is 43.2 Å². The van der Waals surface area contributed by atoms with Gasteiger partial charge in [-0.1, -0.05) is 32.0 Å². The largest absolute Gasteiger partial charge is 0.493 e. The summed E-state index contributed by atoms with van der Waals surface area (Å²) in [6.07, 6.45) is 2.14. The number of likely N-dealkylation sites (tertiary alicyclic amines) is 1. The molecule has 1 amide bonds. The van der Waals surface area contributed by atoms with Gasteiger partial charge in [-0.3, -0.25) is 4.79 Å². The predicted molar refractivity (Wildman–Crippen MR) is 189 cm³/mol. The maximum atomic E-state index is 14.5. The van der Waals surface area contributed by atoms with Gasteiger partial charge >= 0.3 is 11.9 Å². The highest BCUT2D eigenvalue weighted by Gasteiger charge is 2.39. The quantitative estimate of drug-likeness (QED) is 0.160. The molecule has 51 heavy (non-hydrogen) atoms. The summed E-state index contributed by atoms with van der Waals surface area (Å²) < 4.78 is 39.2. The van der Waals surface area contributed by atoms with Crippen molar-refractivity contribution < 1.29 is 52.6 Å². The number of hydrogen-bond donors (Lipinski definition) is 1. The first-order valence-corrected chi connectivity index (χ1v) is 17.0. The van der Waals surface area contributed by atoms with E-state index in [-0.39, 0.29) is 11.8 Å². The van der Waals surface area contributed by atoms with Gasteiger partial charge in [0, 0.05) is 6.54 Å². The number of carbonyl (C=O) groups is 3. The molecule has 4 rings (SSSR count). The molecule has 1 fully saturated rings. The molecule has 3 atom stereocenters. The van der Waals surface area contributed by atoms with E-state index in [9.17, 15) is 14.4 Å². The summed E-state index contributed by atoms with van der Waals surface area (Å²) in [5.41, 5.74) is 2.26. The van der Waals surface area contributed by atoms with Crippen molar-refractivity contribution in [3.8, 4) is 34.5 Å². The van der Waals surface area contributed by atoms with Crippen molar-refractivity contribution in [3.63, 3.8) is 0 Å². The van der Waals surface area contributed by atoms with E-state index in [1.54, 1.807) is 49.5 Å². The number of aryl methyl sites for hydroxylation is 1. The molecular formula is C39H49NO11. The van der Waals surface area contributed by atoms with E-state index in [0.717, 1.165) is 18.4 Å². The van der Waals surface area contributed by atoms with Gasteiger partial charge in [0.1, 0.15) is 17.9 Å². The Morgan fingerprint density at radius 3 is 2.10 bits per heavy atom. The van der Waals surface area contributed by atoms with Gasteiger partial charge in [-0.05, 0) is 91.1 Å². The zero-order valence-electron chi connectivity index (χ0n) is 30.4. The zero-order valence-corrected chi connectivity index (χ0v) is 30.4. The molecule has 3 aromatic rings. The average Bonchev–Trinajstić information content (AvgIpc) is 3.14. The fourth-order valence-electron chi connectivity index (χ4n) is 6.51. The Balaban J connectivity index is 1.64. The molecule has 1 saturated heterocycles. The minimum atomic E-state index is -1.11. The molecule has 0 radical (unpaired) electrons. The molecule has 1 N–H and O–H groups in total. The van der Waals surface area contributed by atoms with Crippen molar-refractivity contribution >= 4 is 17.8 Å². The van der Waals surface area contributed by atoms with Crippen LogP contribution in [0.25, 0.3) is 0 Å². The average molecular weight is 708 g/mol. The second-order valence-electron chi connectivity index (χ2n) is 12.6. The van der Waals surface area contributed by atoms with Gasteiger partial charge in [-0.15, -0.1) is 0 Å². The van der Waals surface area contributed by atoms with Crippen molar-refractivity contribution in [1.82, 2.24) is 4.90 Å². The van der Waals surface area contributed by atoms with Crippen LogP contribution in [0.3, 0.4) is 0 Å². The second-order valence-corrected chi connectivity index (χ2v) is 12.6. The summed E-state index contributed by atoms with van der Waals surface area (Å²) in [5, 5.41) is 9.13. The van der Waals surface area contributed by atoms with E-state index < -0.39 is 36.6 Å². The van der Waals surface area contributed by atoms with E-state index in [2.05, 4.69) is 0 Å². The lowest BCUT2D eigenvalue weighted by Gasteiger charge is -2.38. The first kappa shape index (κ1) is 38.7. The van der Waals surface area contributed by atoms with Gasteiger partial charge in [-0.25, -0.2) is 9.59 Å². The van der Waals surface area contributed by atoms with Crippen molar-refractivity contribution in [3.05, 3.63) is 71.3 Å². The van der Waals surface area contributed by atoms with Crippen LogP contribution in [0, 0.1) is 5.92 Å². The summed E-state index contributed by atoms with van der Waals surface area (Å²) in [6, 6.07) is 15.2. The number of benzene rings is 3. The topological polar surface area (TPSA) is 139 Å². The summed E-state index contributed by atoms with van der Waals surface area (Å²) in [5.74, 6) is 0.283. The van der Waals surface area contributed by atoms with Crippen LogP contribution in [0.5, 0.6) is 34.5 Å². The van der Waals surface area contributed by atoms with Crippen LogP contribution < -0.4 is 28.4 Å². The monoisotopic (exact) mass is 707 g/mol. The number of methoxy groups -OCH3 is 5. The number of piperidine rings is 1. The number of nitrogens with zero attached hydrogens (tertiary/aromatic N) is 1. The zero-order chi connectivity index (χ0) is 37.1. The molecule has 0 bridgehead atoms. The highest BCUT2D eigenvalue weighted by Crippen LogP contribution is 2.42. The maximum Gasteiger partial charge on any atom is 0.341 e. The van der Waals surface area contributed by atoms with Gasteiger partial charge in [0.15, 0.2) is 29.6 Å². The molecule has 12 heteroatoms. The fraction of sp³-hybridized carbons (Fsp3) is 0.462. The van der Waals surface area contributed by atoms with Crippen LogP contribution in [-0.2, 0) is 25.5 Å². The van der Waals surface area contributed by atoms with E-state index >= 15 is 0 Å². The molecule has 1 heterocycles. The fourth-order valence-corrected chi connectivity index (χ4v) is 6.51. The van der Waals surface area contributed by atoms with E-state index in [1.807, 2.05) is 38.1 Å². The molecule has 1 unspecified atom stereocenters. The van der Waals surface area contributed by atoms with Crippen LogP contribution in [-0.4, -0.2) is 82.6 Å². The lowest BCUT2D eigenvalue weighted by atomic mass is 9.85. The predicted octanol–water partition coefficient (Wildman–Crippen LogP) is 6.23. The molecule has 12 nitrogen and oxygen atoms in total. The molecule has 0 aromatic heterocycles. The number of carboxylic acid groups (broad SMARTS) is 1. The molecular weight excluding hydrogens is 658 g/mol. The number of carboxylic acids is 1. The Morgan fingerprint density at radius 1 is 0.804 bits per heavy atom. The lowest BCUT2D eigenvalue weighted by Crippen LogP contribution is -2.51. The number of ether oxygens (including phenoxy) is 7. The van der Waals surface area contributed by atoms with Crippen molar-refractivity contribution in [2.24, 2.45) is 5.92 Å². The van der Waals surface area contributed by atoms with Gasteiger partial charge in [0.05, 0.1) is 41.5 Å². The minimum absolute atomic E-state index is 0.123. The molecule has 3 aromatic carbocycles. The van der Waals surface area contributed by atoms with Crippen LogP contribution in [0.15, 0.2) is 54.6 Å². The van der Waals surface area contributed by atoms with Crippen LogP contribution in [0.4, 0.5) is 0 Å². The first-order chi connectivity index (χ1) is 24.5. The Hall–Kier alpha value is -5.13. The Labute approximate surface area is 299 Å². The molecule has 1 aliphatic heterocycles. The highest BCUT2D eigenvalue weighted by atomic mass is 16.5. The second kappa shape index (κ2) is 18.2. The Kier molecular flexibility index (Phi) is 13.8. The van der Waals surface area contributed by atoms with Gasteiger partial charge in [0.2, 0.25) is 11.7 Å². The number of carbonyl (C=O) groups excluding carboxylic acids is 2. The van der Waals surface area contributed by atoms with Crippen LogP contribution in [0.1, 0.15) is 68.2 Å². The van der Waals surface area contributed by atoms with Gasteiger partial charge in [0.25, 0.3) is 0 Å². The minimum Gasteiger partial charge on any atom is -0.493 e. The number of esters is 1. The lowest BCUT2D eigenvalue weighted by molar-refractivity contribution is -0.163. The number of amides is 1. The molecule has 0 spiro atoms. The van der Waals surface area contributed by atoms with Crippen molar-refractivity contribution in [2.75, 3.05) is 48.7 Å². The normalized spacial score (nSPS) is 15.4. The molecule has 276 valence electrons. The highest BCUT2D eigenvalue weighted by molar-refractivity contribution is 5.89. The Morgan fingerprint density at radius 2 is 1.49 bits per heavy atom. The van der Waals surface area contributed by atoms with E-state index in [4.69, 9.17) is 38.3 Å². The summed E-state index contributed by atoms with van der Waals surface area (Å²) in [7, 11) is 7.71. The third-order valence-electron chi connectivity index (χ3n) is 9.03. The molecule has 0 aliphatic carbocycles. The van der Waals surface area contributed by atoms with Crippen molar-refractivity contribution in [2.45, 2.75) is 64.0 Å². The van der Waals surface area contributed by atoms with Crippen molar-refractivity contribution in [1.29, 1.82) is 0 Å².